The molecule has 0 saturated heterocycles. The summed E-state index contributed by atoms with van der Waals surface area (Å²) in [6.07, 6.45) is -9.35. The summed E-state index contributed by atoms with van der Waals surface area (Å²) in [5, 5.41) is 17.5. The van der Waals surface area contributed by atoms with Crippen molar-refractivity contribution in [1.29, 1.82) is 5.26 Å². The van der Waals surface area contributed by atoms with Gasteiger partial charge in [0.25, 0.3) is 0 Å². The highest BCUT2D eigenvalue weighted by Gasteiger charge is 2.35. The molecule has 12 heteroatoms. The molecular weight excluding hydrogens is 1010 g/mol. The molecule has 15 aromatic rings. The van der Waals surface area contributed by atoms with Gasteiger partial charge in [-0.1, -0.05) is 133 Å². The summed E-state index contributed by atoms with van der Waals surface area (Å²) in [7, 11) is 0. The van der Waals surface area contributed by atoms with Crippen molar-refractivity contribution in [3.63, 3.8) is 0 Å². The molecule has 0 unspecified atom stereocenters. The first-order valence-corrected chi connectivity index (χ1v) is 25.8. The third-order valence-electron chi connectivity index (χ3n) is 15.6. The monoisotopic (exact) mass is 1050 g/mol. The first-order chi connectivity index (χ1) is 39.0. The van der Waals surface area contributed by atoms with Crippen molar-refractivity contribution >= 4 is 87.2 Å². The third kappa shape index (κ3) is 6.83. The van der Waals surface area contributed by atoms with Gasteiger partial charge in [-0.2, -0.15) is 31.6 Å². The van der Waals surface area contributed by atoms with Crippen molar-refractivity contribution in [2.45, 2.75) is 12.4 Å². The number of halogens is 6. The molecule has 80 heavy (non-hydrogen) atoms. The molecule has 6 nitrogen and oxygen atoms in total. The maximum atomic E-state index is 14.8. The van der Waals surface area contributed by atoms with Crippen LogP contribution in [-0.2, 0) is 12.4 Å². The fourth-order valence-electron chi connectivity index (χ4n) is 12.4. The second kappa shape index (κ2) is 17.3. The highest BCUT2D eigenvalue weighted by atomic mass is 19.4. The zero-order valence-electron chi connectivity index (χ0n) is 41.9. The summed E-state index contributed by atoms with van der Waals surface area (Å²) in [5.41, 5.74) is 7.89. The van der Waals surface area contributed by atoms with E-state index in [4.69, 9.17) is 4.98 Å². The smallest absolute Gasteiger partial charge is 0.309 e. The van der Waals surface area contributed by atoms with E-state index >= 15 is 0 Å². The van der Waals surface area contributed by atoms with Crippen LogP contribution in [0, 0.1) is 11.3 Å². The molecule has 0 fully saturated rings. The van der Waals surface area contributed by atoms with Gasteiger partial charge in [0.2, 0.25) is 0 Å². The minimum Gasteiger partial charge on any atom is -0.309 e. The zero-order chi connectivity index (χ0) is 54.2. The Labute approximate surface area is 451 Å². The van der Waals surface area contributed by atoms with Crippen LogP contribution < -0.4 is 0 Å². The molecule has 382 valence electrons. The van der Waals surface area contributed by atoms with Gasteiger partial charge < -0.3 is 18.3 Å². The first-order valence-electron chi connectivity index (χ1n) is 25.8. The maximum absolute atomic E-state index is 14.8. The largest absolute Gasteiger partial charge is 0.416 e. The summed E-state index contributed by atoms with van der Waals surface area (Å²) >= 11 is 0. The third-order valence-corrected chi connectivity index (χ3v) is 15.6. The lowest BCUT2D eigenvalue weighted by atomic mass is 9.95. The van der Waals surface area contributed by atoms with Crippen LogP contribution >= 0.6 is 0 Å². The average Bonchev–Trinajstić information content (AvgIpc) is 4.39. The number of hydrogen-bond acceptors (Lipinski definition) is 2. The van der Waals surface area contributed by atoms with E-state index in [2.05, 4.69) is 27.3 Å². The van der Waals surface area contributed by atoms with E-state index < -0.39 is 23.5 Å². The molecule has 0 spiro atoms. The zero-order valence-corrected chi connectivity index (χ0v) is 41.9. The second-order valence-electron chi connectivity index (χ2n) is 19.9. The van der Waals surface area contributed by atoms with E-state index in [0.717, 1.165) is 79.3 Å². The van der Waals surface area contributed by atoms with E-state index in [0.29, 0.717) is 66.1 Å². The fourth-order valence-corrected chi connectivity index (χ4v) is 12.4. The average molecular weight is 1050 g/mol. The lowest BCUT2D eigenvalue weighted by Gasteiger charge is -2.23. The molecule has 0 atom stereocenters. The van der Waals surface area contributed by atoms with Gasteiger partial charge in [0, 0.05) is 65.6 Å². The van der Waals surface area contributed by atoms with Gasteiger partial charge >= 0.3 is 12.4 Å². The van der Waals surface area contributed by atoms with Crippen molar-refractivity contribution in [2.75, 3.05) is 0 Å². The maximum Gasteiger partial charge on any atom is 0.416 e. The number of alkyl halides is 6. The number of para-hydroxylation sites is 6. The number of aromatic nitrogens is 5. The van der Waals surface area contributed by atoms with Crippen LogP contribution in [0.5, 0.6) is 0 Å². The first kappa shape index (κ1) is 46.9. The lowest BCUT2D eigenvalue weighted by molar-refractivity contribution is -0.138. The number of pyridine rings is 1. The lowest BCUT2D eigenvalue weighted by Crippen LogP contribution is -2.11. The van der Waals surface area contributed by atoms with Crippen molar-refractivity contribution in [3.8, 4) is 51.3 Å². The Hall–Kier alpha value is -10.4. The second-order valence-corrected chi connectivity index (χ2v) is 19.9. The summed E-state index contributed by atoms with van der Waals surface area (Å²) in [5.74, 6) is 0. The number of rotatable bonds is 6. The fraction of sp³-hybridized carbons (Fsp3) is 0.0294. The van der Waals surface area contributed by atoms with Crippen molar-refractivity contribution in [2.24, 2.45) is 0 Å². The molecule has 0 saturated carbocycles. The Morgan fingerprint density at radius 2 is 0.662 bits per heavy atom. The molecule has 0 amide bonds. The Morgan fingerprint density at radius 3 is 1.05 bits per heavy atom. The summed E-state index contributed by atoms with van der Waals surface area (Å²) in [6, 6.07) is 72.2. The summed E-state index contributed by atoms with van der Waals surface area (Å²) < 4.78 is 96.8. The van der Waals surface area contributed by atoms with Crippen molar-refractivity contribution in [1.82, 2.24) is 23.3 Å². The minimum absolute atomic E-state index is 0.0719. The Morgan fingerprint density at radius 1 is 0.325 bits per heavy atom. The molecule has 0 bridgehead atoms. The van der Waals surface area contributed by atoms with Crippen LogP contribution in [0.3, 0.4) is 0 Å². The highest BCUT2D eigenvalue weighted by Crippen LogP contribution is 2.50. The van der Waals surface area contributed by atoms with E-state index in [9.17, 15) is 31.6 Å². The van der Waals surface area contributed by atoms with Crippen LogP contribution in [0.4, 0.5) is 26.3 Å². The Bertz CT molecular complexity index is 4800. The molecule has 10 aromatic carbocycles. The van der Waals surface area contributed by atoms with Gasteiger partial charge in [-0.25, -0.2) is 4.98 Å². The normalized spacial score (nSPS) is 12.4. The van der Waals surface area contributed by atoms with E-state index in [1.165, 1.54) is 12.1 Å². The van der Waals surface area contributed by atoms with Crippen LogP contribution in [0.25, 0.3) is 132 Å². The van der Waals surface area contributed by atoms with Crippen LogP contribution in [0.1, 0.15) is 16.7 Å². The van der Waals surface area contributed by atoms with Gasteiger partial charge in [-0.3, -0.25) is 0 Å². The molecule has 0 N–H and O–H groups in total. The number of nitriles is 1. The molecule has 5 aromatic heterocycles. The quantitative estimate of drug-likeness (QED) is 0.156. The predicted molar refractivity (Wildman–Crippen MR) is 307 cm³/mol. The van der Waals surface area contributed by atoms with Gasteiger partial charge in [-0.15, -0.1) is 0 Å². The number of hydrogen-bond donors (Lipinski definition) is 0. The predicted octanol–water partition coefficient (Wildman–Crippen LogP) is 18.7. The van der Waals surface area contributed by atoms with E-state index in [-0.39, 0.29) is 16.9 Å². The van der Waals surface area contributed by atoms with Crippen LogP contribution in [-0.4, -0.2) is 23.3 Å². The molecule has 0 aliphatic carbocycles. The minimum atomic E-state index is -4.67. The van der Waals surface area contributed by atoms with Crippen molar-refractivity contribution < 1.29 is 26.3 Å². The molecular formula is C68H38F6N6. The van der Waals surface area contributed by atoms with Crippen molar-refractivity contribution in [3.05, 3.63) is 247 Å². The van der Waals surface area contributed by atoms with Gasteiger partial charge in [0.05, 0.1) is 78.0 Å². The van der Waals surface area contributed by atoms with Gasteiger partial charge in [-0.05, 0) is 97.1 Å². The molecule has 0 aliphatic heterocycles. The Balaban J connectivity index is 1.20. The SMILES string of the molecule is N#Cc1c(-n2c3ccccc3c3cc(C(F)(F)F)ccc32)c(-c2cccc3c2c2ccccc2n3-c2ccccc2)nc(-c2cccc3c2c2ccccc2n3-c2ccccc2)c1-n1c2ccccc2c2cc(C(F)(F)F)ccc21. The van der Waals surface area contributed by atoms with E-state index in [1.54, 1.807) is 36.4 Å². The van der Waals surface area contributed by atoms with Gasteiger partial charge in [0.1, 0.15) is 11.6 Å². The highest BCUT2D eigenvalue weighted by molar-refractivity contribution is 6.20. The Kier molecular flexibility index (Phi) is 10.1. The van der Waals surface area contributed by atoms with Crippen LogP contribution in [0.2, 0.25) is 0 Å². The van der Waals surface area contributed by atoms with Gasteiger partial charge in [0.15, 0.2) is 0 Å². The van der Waals surface area contributed by atoms with Crippen LogP contribution in [0.15, 0.2) is 231 Å². The number of fused-ring (bicyclic) bond motifs is 12. The molecule has 0 radical (unpaired) electrons. The van der Waals surface area contributed by atoms with E-state index in [1.807, 2.05) is 155 Å². The molecule has 0 aliphatic rings. The topological polar surface area (TPSA) is 56.4 Å². The standard InChI is InChI=1S/C68H38F6N6/c69-67(70,71)40-33-35-57-50(37-40)44-21-7-11-27-53(44)79(57)65-52(39-75)66(80-54-28-12-8-22-45(54)51-38-41(68(72,73)74)34-36-58(51)80)64(49-26-16-32-60-62(49)47-24-10-14-30-56(47)78(60)43-19-5-2-6-20-43)76-63(65)48-25-15-31-59-61(48)46-23-9-13-29-55(46)77(59)42-17-3-1-4-18-42/h1-38H. The molecule has 15 rings (SSSR count). The number of benzene rings is 10. The molecule has 5 heterocycles. The summed E-state index contributed by atoms with van der Waals surface area (Å²) in [4.78, 5) is 5.98. The summed E-state index contributed by atoms with van der Waals surface area (Å²) in [6.45, 7) is 0. The number of nitrogens with zero attached hydrogens (tertiary/aromatic N) is 6.